The van der Waals surface area contributed by atoms with Gasteiger partial charge in [0, 0.05) is 17.8 Å². The van der Waals surface area contributed by atoms with Crippen molar-refractivity contribution in [2.75, 3.05) is 11.9 Å². The lowest BCUT2D eigenvalue weighted by Crippen LogP contribution is -2.20. The van der Waals surface area contributed by atoms with Gasteiger partial charge in [-0.2, -0.15) is 0 Å². The molecule has 0 spiro atoms. The maximum Gasteiger partial charge on any atom is 0.255 e. The molecule has 0 aliphatic rings. The molecular formula is C17H15FN2O3. The van der Waals surface area contributed by atoms with Gasteiger partial charge >= 0.3 is 0 Å². The maximum atomic E-state index is 12.8. The third-order valence-electron chi connectivity index (χ3n) is 2.78. The Balaban J connectivity index is 1.95. The van der Waals surface area contributed by atoms with Crippen molar-refractivity contribution < 1.29 is 18.7 Å². The van der Waals surface area contributed by atoms with Crippen molar-refractivity contribution in [1.82, 2.24) is 0 Å². The number of carbonyl (C=O) groups excluding carboxylic acids is 2. The van der Waals surface area contributed by atoms with Gasteiger partial charge in [-0.1, -0.05) is 18.2 Å². The molecule has 0 heterocycles. The van der Waals surface area contributed by atoms with Gasteiger partial charge in [0.25, 0.3) is 5.91 Å². The van der Waals surface area contributed by atoms with E-state index in [0.717, 1.165) is 0 Å². The Hall–Kier alpha value is -3.15. The van der Waals surface area contributed by atoms with E-state index in [1.54, 1.807) is 42.5 Å². The predicted molar refractivity (Wildman–Crippen MR) is 85.2 cm³/mol. The summed E-state index contributed by atoms with van der Waals surface area (Å²) in [6, 6.07) is 12.3. The standard InChI is InChI=1S/C17H15FN2O3/c18-13-7-4-12(5-8-13)6-9-17(22)20-14-2-1-3-15(10-14)23-11-16(19)21/h1-10H,11H2,(H2,19,21)(H,20,22)/b9-6-. The maximum absolute atomic E-state index is 12.8. The van der Waals surface area contributed by atoms with Gasteiger partial charge in [0.2, 0.25) is 5.91 Å². The summed E-state index contributed by atoms with van der Waals surface area (Å²) in [5.41, 5.74) is 6.22. The monoisotopic (exact) mass is 314 g/mol. The van der Waals surface area contributed by atoms with Crippen LogP contribution < -0.4 is 15.8 Å². The average Bonchev–Trinajstić information content (AvgIpc) is 2.53. The van der Waals surface area contributed by atoms with Crippen LogP contribution in [0.3, 0.4) is 0 Å². The van der Waals surface area contributed by atoms with Crippen molar-refractivity contribution >= 4 is 23.6 Å². The number of hydrogen-bond acceptors (Lipinski definition) is 3. The number of carbonyl (C=O) groups is 2. The fourth-order valence-corrected chi connectivity index (χ4v) is 1.75. The first-order valence-electron chi connectivity index (χ1n) is 6.79. The molecule has 0 saturated carbocycles. The van der Waals surface area contributed by atoms with E-state index in [4.69, 9.17) is 10.5 Å². The molecule has 2 rings (SSSR count). The average molecular weight is 314 g/mol. The number of nitrogens with two attached hydrogens (primary N) is 1. The number of hydrogen-bond donors (Lipinski definition) is 2. The summed E-state index contributed by atoms with van der Waals surface area (Å²) in [5, 5.41) is 2.66. The Bertz CT molecular complexity index is 727. The lowest BCUT2D eigenvalue weighted by Gasteiger charge is -2.06. The van der Waals surface area contributed by atoms with Crippen LogP contribution in [-0.4, -0.2) is 18.4 Å². The number of rotatable bonds is 6. The number of amides is 2. The molecule has 2 amide bonds. The fraction of sp³-hybridized carbons (Fsp3) is 0.0588. The lowest BCUT2D eigenvalue weighted by molar-refractivity contribution is -0.120. The van der Waals surface area contributed by atoms with Gasteiger partial charge in [0.1, 0.15) is 11.6 Å². The van der Waals surface area contributed by atoms with Crippen LogP contribution in [0, 0.1) is 5.82 Å². The molecule has 5 nitrogen and oxygen atoms in total. The Labute approximate surface area is 132 Å². The van der Waals surface area contributed by atoms with Gasteiger partial charge in [-0.3, -0.25) is 9.59 Å². The summed E-state index contributed by atoms with van der Waals surface area (Å²) in [7, 11) is 0. The molecule has 0 atom stereocenters. The Morgan fingerprint density at radius 2 is 1.91 bits per heavy atom. The predicted octanol–water partition coefficient (Wildman–Crippen LogP) is 2.34. The molecule has 0 unspecified atom stereocenters. The Kier molecular flexibility index (Phi) is 5.46. The van der Waals surface area contributed by atoms with Gasteiger partial charge in [-0.25, -0.2) is 4.39 Å². The van der Waals surface area contributed by atoms with Crippen LogP contribution in [0.4, 0.5) is 10.1 Å². The van der Waals surface area contributed by atoms with E-state index in [0.29, 0.717) is 17.0 Å². The van der Waals surface area contributed by atoms with Crippen molar-refractivity contribution in [3.05, 3.63) is 66.0 Å². The SMILES string of the molecule is NC(=O)COc1cccc(NC(=O)/C=C\c2ccc(F)cc2)c1. The smallest absolute Gasteiger partial charge is 0.255 e. The number of anilines is 1. The number of ether oxygens (including phenoxy) is 1. The van der Waals surface area contributed by atoms with Crippen molar-refractivity contribution in [3.8, 4) is 5.75 Å². The molecule has 0 aliphatic carbocycles. The van der Waals surface area contributed by atoms with Crippen LogP contribution in [0.5, 0.6) is 5.75 Å². The van der Waals surface area contributed by atoms with E-state index < -0.39 is 5.91 Å². The molecule has 23 heavy (non-hydrogen) atoms. The molecule has 0 aromatic heterocycles. The largest absolute Gasteiger partial charge is 0.484 e. The van der Waals surface area contributed by atoms with E-state index in [1.165, 1.54) is 18.2 Å². The number of halogens is 1. The summed E-state index contributed by atoms with van der Waals surface area (Å²) in [5.74, 6) is -0.841. The second-order valence-corrected chi connectivity index (χ2v) is 4.66. The van der Waals surface area contributed by atoms with Crippen molar-refractivity contribution in [1.29, 1.82) is 0 Å². The Morgan fingerprint density at radius 1 is 1.17 bits per heavy atom. The minimum atomic E-state index is -0.582. The van der Waals surface area contributed by atoms with E-state index in [-0.39, 0.29) is 18.3 Å². The van der Waals surface area contributed by atoms with E-state index in [9.17, 15) is 14.0 Å². The van der Waals surface area contributed by atoms with E-state index in [2.05, 4.69) is 5.32 Å². The minimum absolute atomic E-state index is 0.234. The molecule has 0 bridgehead atoms. The van der Waals surface area contributed by atoms with Crippen LogP contribution in [0.1, 0.15) is 5.56 Å². The molecule has 0 radical (unpaired) electrons. The first-order valence-corrected chi connectivity index (χ1v) is 6.79. The van der Waals surface area contributed by atoms with Gasteiger partial charge < -0.3 is 15.8 Å². The topological polar surface area (TPSA) is 81.4 Å². The summed E-state index contributed by atoms with van der Waals surface area (Å²) >= 11 is 0. The van der Waals surface area contributed by atoms with Crippen LogP contribution in [-0.2, 0) is 9.59 Å². The molecule has 2 aromatic carbocycles. The quantitative estimate of drug-likeness (QED) is 0.803. The zero-order valence-corrected chi connectivity index (χ0v) is 12.2. The highest BCUT2D eigenvalue weighted by atomic mass is 19.1. The molecule has 0 saturated heterocycles. The second-order valence-electron chi connectivity index (χ2n) is 4.66. The number of primary amides is 1. The van der Waals surface area contributed by atoms with Crippen LogP contribution in [0.2, 0.25) is 0 Å². The third-order valence-corrected chi connectivity index (χ3v) is 2.78. The molecule has 0 aliphatic heterocycles. The van der Waals surface area contributed by atoms with Crippen molar-refractivity contribution in [2.45, 2.75) is 0 Å². The molecule has 0 fully saturated rings. The summed E-state index contributed by atoms with van der Waals surface area (Å²) in [6.07, 6.45) is 2.91. The molecule has 2 aromatic rings. The summed E-state index contributed by atoms with van der Waals surface area (Å²) in [6.45, 7) is -0.234. The van der Waals surface area contributed by atoms with Crippen molar-refractivity contribution in [3.63, 3.8) is 0 Å². The first-order chi connectivity index (χ1) is 11.0. The van der Waals surface area contributed by atoms with Crippen LogP contribution in [0.15, 0.2) is 54.6 Å². The summed E-state index contributed by atoms with van der Waals surface area (Å²) < 4.78 is 17.9. The minimum Gasteiger partial charge on any atom is -0.484 e. The first kappa shape index (κ1) is 16.2. The Morgan fingerprint density at radius 3 is 2.61 bits per heavy atom. The molecule has 6 heteroatoms. The van der Waals surface area contributed by atoms with Gasteiger partial charge in [0.05, 0.1) is 0 Å². The second kappa shape index (κ2) is 7.74. The molecule has 3 N–H and O–H groups in total. The van der Waals surface area contributed by atoms with Gasteiger partial charge in [-0.15, -0.1) is 0 Å². The molecule has 118 valence electrons. The highest BCUT2D eigenvalue weighted by Crippen LogP contribution is 2.17. The van der Waals surface area contributed by atoms with Crippen LogP contribution in [0.25, 0.3) is 6.08 Å². The number of benzene rings is 2. The fourth-order valence-electron chi connectivity index (χ4n) is 1.75. The van der Waals surface area contributed by atoms with Crippen LogP contribution >= 0.6 is 0 Å². The highest BCUT2D eigenvalue weighted by Gasteiger charge is 2.02. The number of nitrogens with one attached hydrogen (secondary N) is 1. The third kappa shape index (κ3) is 5.62. The summed E-state index contributed by atoms with van der Waals surface area (Å²) in [4.78, 5) is 22.5. The van der Waals surface area contributed by atoms with Gasteiger partial charge in [-0.05, 0) is 35.9 Å². The normalized spacial score (nSPS) is 10.5. The lowest BCUT2D eigenvalue weighted by atomic mass is 10.2. The zero-order chi connectivity index (χ0) is 16.7. The zero-order valence-electron chi connectivity index (χ0n) is 12.2. The van der Waals surface area contributed by atoms with Crippen molar-refractivity contribution in [2.24, 2.45) is 5.73 Å². The van der Waals surface area contributed by atoms with E-state index >= 15 is 0 Å². The van der Waals surface area contributed by atoms with E-state index in [1.807, 2.05) is 0 Å². The van der Waals surface area contributed by atoms with Gasteiger partial charge in [0.15, 0.2) is 6.61 Å². The highest BCUT2D eigenvalue weighted by molar-refractivity contribution is 6.02. The molecular weight excluding hydrogens is 299 g/mol.